The van der Waals surface area contributed by atoms with Crippen molar-refractivity contribution in [2.24, 2.45) is 0 Å². The molecule has 0 atom stereocenters. The number of pyridine rings is 2. The Morgan fingerprint density at radius 3 is 2.59 bits per heavy atom. The summed E-state index contributed by atoms with van der Waals surface area (Å²) in [6.45, 7) is 0.565. The zero-order valence-electron chi connectivity index (χ0n) is 12.1. The monoisotopic (exact) mass is 293 g/mol. The van der Waals surface area contributed by atoms with Gasteiger partial charge in [0.15, 0.2) is 0 Å². The molecule has 3 aromatic rings. The van der Waals surface area contributed by atoms with Gasteiger partial charge < -0.3 is 10.1 Å². The van der Waals surface area contributed by atoms with Gasteiger partial charge in [-0.25, -0.2) is 9.78 Å². The highest BCUT2D eigenvalue weighted by atomic mass is 16.5. The van der Waals surface area contributed by atoms with E-state index in [1.807, 2.05) is 42.5 Å². The minimum absolute atomic E-state index is 0.389. The number of carbonyl (C=O) groups excluding carboxylic acids is 1. The van der Waals surface area contributed by atoms with E-state index < -0.39 is 0 Å². The van der Waals surface area contributed by atoms with Crippen molar-refractivity contribution in [2.75, 3.05) is 12.4 Å². The lowest BCUT2D eigenvalue weighted by Crippen LogP contribution is -2.07. The van der Waals surface area contributed by atoms with Gasteiger partial charge in [0, 0.05) is 23.2 Å². The Balaban J connectivity index is 1.96. The Morgan fingerprint density at radius 1 is 1.09 bits per heavy atom. The first-order chi connectivity index (χ1) is 10.8. The molecule has 0 aliphatic heterocycles. The zero-order chi connectivity index (χ0) is 15.4. The van der Waals surface area contributed by atoms with Gasteiger partial charge in [0.25, 0.3) is 0 Å². The highest BCUT2D eigenvalue weighted by molar-refractivity contribution is 6.07. The molecule has 22 heavy (non-hydrogen) atoms. The van der Waals surface area contributed by atoms with Crippen LogP contribution in [0.2, 0.25) is 0 Å². The van der Waals surface area contributed by atoms with Crippen LogP contribution in [0.3, 0.4) is 0 Å². The zero-order valence-corrected chi connectivity index (χ0v) is 12.1. The average Bonchev–Trinajstić information content (AvgIpc) is 2.60. The molecule has 5 nitrogen and oxygen atoms in total. The van der Waals surface area contributed by atoms with Crippen LogP contribution in [0.15, 0.2) is 54.9 Å². The number of nitrogens with zero attached hydrogens (tertiary/aromatic N) is 2. The summed E-state index contributed by atoms with van der Waals surface area (Å²) >= 11 is 0. The molecular formula is C17H15N3O2. The average molecular weight is 293 g/mol. The number of rotatable bonds is 4. The van der Waals surface area contributed by atoms with Crippen LogP contribution in [0.4, 0.5) is 5.82 Å². The van der Waals surface area contributed by atoms with Crippen molar-refractivity contribution in [2.45, 2.75) is 6.54 Å². The predicted octanol–water partition coefficient (Wildman–Crippen LogP) is 3.03. The van der Waals surface area contributed by atoms with Gasteiger partial charge in [-0.2, -0.15) is 0 Å². The standard InChI is InChI=1S/C17H15N3O2/c1-22-17(21)15-11-20-16(14-8-3-2-7-13(14)15)19-10-12-6-4-5-9-18-12/h2-9,11H,10H2,1H3,(H,19,20). The van der Waals surface area contributed by atoms with Crippen LogP contribution < -0.4 is 5.32 Å². The van der Waals surface area contributed by atoms with Crippen LogP contribution in [0.5, 0.6) is 0 Å². The van der Waals surface area contributed by atoms with Crippen LogP contribution in [-0.4, -0.2) is 23.0 Å². The van der Waals surface area contributed by atoms with E-state index in [4.69, 9.17) is 4.74 Å². The molecule has 0 amide bonds. The number of esters is 1. The number of aromatic nitrogens is 2. The number of hydrogen-bond donors (Lipinski definition) is 1. The maximum atomic E-state index is 11.8. The molecule has 0 fully saturated rings. The summed E-state index contributed by atoms with van der Waals surface area (Å²) in [5.74, 6) is 0.328. The fourth-order valence-corrected chi connectivity index (χ4v) is 2.28. The first-order valence-corrected chi connectivity index (χ1v) is 6.89. The van der Waals surface area contributed by atoms with E-state index in [2.05, 4.69) is 15.3 Å². The van der Waals surface area contributed by atoms with Crippen LogP contribution in [0, 0.1) is 0 Å². The Kier molecular flexibility index (Phi) is 3.96. The maximum absolute atomic E-state index is 11.8. The fraction of sp³-hybridized carbons (Fsp3) is 0.118. The Bertz CT molecular complexity index is 803. The van der Waals surface area contributed by atoms with Gasteiger partial charge in [-0.05, 0) is 12.1 Å². The van der Waals surface area contributed by atoms with Crippen LogP contribution in [-0.2, 0) is 11.3 Å². The van der Waals surface area contributed by atoms with Crippen LogP contribution in [0.25, 0.3) is 10.8 Å². The Hall–Kier alpha value is -2.95. The van der Waals surface area contributed by atoms with Crippen LogP contribution in [0.1, 0.15) is 16.1 Å². The van der Waals surface area contributed by atoms with Gasteiger partial charge in [0.05, 0.1) is 24.9 Å². The van der Waals surface area contributed by atoms with Crippen molar-refractivity contribution in [3.8, 4) is 0 Å². The van der Waals surface area contributed by atoms with Crippen molar-refractivity contribution in [3.05, 3.63) is 66.1 Å². The van der Waals surface area contributed by atoms with E-state index in [-0.39, 0.29) is 5.97 Å². The third-order valence-corrected chi connectivity index (χ3v) is 3.36. The third-order valence-electron chi connectivity index (χ3n) is 3.36. The van der Waals surface area contributed by atoms with Gasteiger partial charge in [-0.15, -0.1) is 0 Å². The van der Waals surface area contributed by atoms with E-state index in [9.17, 15) is 4.79 Å². The molecule has 110 valence electrons. The van der Waals surface area contributed by atoms with Gasteiger partial charge >= 0.3 is 5.97 Å². The maximum Gasteiger partial charge on any atom is 0.340 e. The Morgan fingerprint density at radius 2 is 1.86 bits per heavy atom. The van der Waals surface area contributed by atoms with E-state index in [0.717, 1.165) is 16.5 Å². The molecule has 0 saturated carbocycles. The Labute approximate surface area is 128 Å². The molecule has 2 aromatic heterocycles. The summed E-state index contributed by atoms with van der Waals surface area (Å²) in [5.41, 5.74) is 1.38. The first kappa shape index (κ1) is 14.0. The second-order valence-electron chi connectivity index (χ2n) is 4.73. The molecular weight excluding hydrogens is 278 g/mol. The highest BCUT2D eigenvalue weighted by Crippen LogP contribution is 2.25. The van der Waals surface area contributed by atoms with Crippen molar-refractivity contribution in [3.63, 3.8) is 0 Å². The summed E-state index contributed by atoms with van der Waals surface area (Å²) in [6, 6.07) is 13.4. The summed E-state index contributed by atoms with van der Waals surface area (Å²) in [5, 5.41) is 4.95. The number of benzene rings is 1. The summed E-state index contributed by atoms with van der Waals surface area (Å²) in [4.78, 5) is 20.4. The number of nitrogens with one attached hydrogen (secondary N) is 1. The number of fused-ring (bicyclic) bond motifs is 1. The number of anilines is 1. The number of carbonyl (C=O) groups is 1. The number of methoxy groups -OCH3 is 1. The van der Waals surface area contributed by atoms with E-state index in [1.54, 1.807) is 6.20 Å². The van der Waals surface area contributed by atoms with E-state index in [1.165, 1.54) is 13.3 Å². The largest absolute Gasteiger partial charge is 0.465 e. The van der Waals surface area contributed by atoms with Crippen molar-refractivity contribution in [1.82, 2.24) is 9.97 Å². The SMILES string of the molecule is COC(=O)c1cnc(NCc2ccccn2)c2ccccc12. The molecule has 0 radical (unpaired) electrons. The van der Waals surface area contributed by atoms with Crippen LogP contribution >= 0.6 is 0 Å². The summed E-state index contributed by atoms with van der Waals surface area (Å²) < 4.78 is 4.80. The minimum Gasteiger partial charge on any atom is -0.465 e. The van der Waals surface area contributed by atoms with Crippen molar-refractivity contribution < 1.29 is 9.53 Å². The summed E-state index contributed by atoms with van der Waals surface area (Å²) in [7, 11) is 1.37. The molecule has 1 aromatic carbocycles. The molecule has 0 bridgehead atoms. The first-order valence-electron chi connectivity index (χ1n) is 6.89. The lowest BCUT2D eigenvalue weighted by Gasteiger charge is -2.11. The lowest BCUT2D eigenvalue weighted by atomic mass is 10.1. The predicted molar refractivity (Wildman–Crippen MR) is 84.6 cm³/mol. The molecule has 0 saturated heterocycles. The molecule has 5 heteroatoms. The molecule has 2 heterocycles. The smallest absolute Gasteiger partial charge is 0.340 e. The molecule has 0 aliphatic carbocycles. The highest BCUT2D eigenvalue weighted by Gasteiger charge is 2.13. The second-order valence-corrected chi connectivity index (χ2v) is 4.73. The van der Waals surface area contributed by atoms with Gasteiger partial charge in [0.1, 0.15) is 5.82 Å². The molecule has 0 unspecified atom stereocenters. The third kappa shape index (κ3) is 2.74. The van der Waals surface area contributed by atoms with E-state index >= 15 is 0 Å². The van der Waals surface area contributed by atoms with Gasteiger partial charge in [-0.3, -0.25) is 4.98 Å². The minimum atomic E-state index is -0.389. The molecule has 1 N–H and O–H groups in total. The van der Waals surface area contributed by atoms with Crippen molar-refractivity contribution >= 4 is 22.6 Å². The fourth-order valence-electron chi connectivity index (χ4n) is 2.28. The van der Waals surface area contributed by atoms with Crippen molar-refractivity contribution in [1.29, 1.82) is 0 Å². The topological polar surface area (TPSA) is 64.1 Å². The normalized spacial score (nSPS) is 10.4. The lowest BCUT2D eigenvalue weighted by molar-refractivity contribution is 0.0602. The molecule has 0 spiro atoms. The second kappa shape index (κ2) is 6.22. The molecule has 3 rings (SSSR count). The molecule has 0 aliphatic rings. The number of hydrogen-bond acceptors (Lipinski definition) is 5. The van der Waals surface area contributed by atoms with Gasteiger partial charge in [0.2, 0.25) is 0 Å². The quantitative estimate of drug-likeness (QED) is 0.749. The van der Waals surface area contributed by atoms with Gasteiger partial charge in [-0.1, -0.05) is 30.3 Å². The number of ether oxygens (including phenoxy) is 1. The van der Waals surface area contributed by atoms with E-state index in [0.29, 0.717) is 17.9 Å². The summed E-state index contributed by atoms with van der Waals surface area (Å²) in [6.07, 6.45) is 3.29.